The number of aliphatic hydroxyl groups is 1. The molecule has 1 unspecified atom stereocenters. The van der Waals surface area contributed by atoms with Crippen molar-refractivity contribution in [2.24, 2.45) is 0 Å². The van der Waals surface area contributed by atoms with Gasteiger partial charge in [-0.05, 0) is 54.6 Å². The van der Waals surface area contributed by atoms with Gasteiger partial charge in [0.15, 0.2) is 5.82 Å². The fourth-order valence-electron chi connectivity index (χ4n) is 4.54. The third-order valence-corrected chi connectivity index (χ3v) is 6.57. The standard InChI is InChI=1S/C27H28F2N6O2/c28-19-1-10-24(25(29)15-19)27(36,16-26-31-18-32-33-26)17-37-23-8-6-22(7-9-23)35-13-11-34(12-14-35)21-4-2-20(30)3-5-21/h1-10,15,18,36H,11-14,16-17,30H2,(H,31,32,33). The number of benzene rings is 3. The van der Waals surface area contributed by atoms with Crippen LogP contribution in [0.1, 0.15) is 11.4 Å². The monoisotopic (exact) mass is 506 g/mol. The Morgan fingerprint density at radius 3 is 2.11 bits per heavy atom. The molecule has 10 heteroatoms. The normalized spacial score (nSPS) is 15.4. The molecule has 192 valence electrons. The molecule has 1 saturated heterocycles. The summed E-state index contributed by atoms with van der Waals surface area (Å²) in [6.07, 6.45) is 1.25. The van der Waals surface area contributed by atoms with Crippen LogP contribution in [0.2, 0.25) is 0 Å². The van der Waals surface area contributed by atoms with Gasteiger partial charge < -0.3 is 25.4 Å². The second kappa shape index (κ2) is 10.4. The van der Waals surface area contributed by atoms with Gasteiger partial charge in [-0.15, -0.1) is 0 Å². The fourth-order valence-corrected chi connectivity index (χ4v) is 4.54. The number of aromatic nitrogens is 3. The highest BCUT2D eigenvalue weighted by Gasteiger charge is 2.35. The Labute approximate surface area is 213 Å². The van der Waals surface area contributed by atoms with Crippen LogP contribution in [0.4, 0.5) is 25.8 Å². The van der Waals surface area contributed by atoms with Crippen molar-refractivity contribution >= 4 is 17.1 Å². The Hall–Kier alpha value is -4.18. The number of nitrogen functional groups attached to an aromatic ring is 1. The topological polar surface area (TPSA) is 104 Å². The van der Waals surface area contributed by atoms with Gasteiger partial charge in [0, 0.05) is 61.3 Å². The van der Waals surface area contributed by atoms with Crippen molar-refractivity contribution in [1.82, 2.24) is 15.2 Å². The second-order valence-corrected chi connectivity index (χ2v) is 9.10. The minimum atomic E-state index is -1.81. The summed E-state index contributed by atoms with van der Waals surface area (Å²) in [5, 5.41) is 17.9. The number of aromatic amines is 1. The van der Waals surface area contributed by atoms with Gasteiger partial charge in [0.25, 0.3) is 0 Å². The summed E-state index contributed by atoms with van der Waals surface area (Å²) in [5.74, 6) is -0.800. The molecule has 5 rings (SSSR count). The second-order valence-electron chi connectivity index (χ2n) is 9.10. The Balaban J connectivity index is 1.23. The molecule has 8 nitrogen and oxygen atoms in total. The van der Waals surface area contributed by atoms with Crippen LogP contribution in [0.3, 0.4) is 0 Å². The molecule has 4 aromatic rings. The van der Waals surface area contributed by atoms with Crippen molar-refractivity contribution in [2.75, 3.05) is 48.3 Å². The van der Waals surface area contributed by atoms with E-state index in [1.807, 2.05) is 48.5 Å². The van der Waals surface area contributed by atoms with E-state index in [-0.39, 0.29) is 24.4 Å². The van der Waals surface area contributed by atoms with Gasteiger partial charge in [0.1, 0.15) is 35.9 Å². The number of rotatable bonds is 8. The molecule has 0 saturated carbocycles. The molecular formula is C27H28F2N6O2. The first-order chi connectivity index (χ1) is 17.9. The molecule has 0 radical (unpaired) electrons. The minimum absolute atomic E-state index is 0.0886. The molecule has 1 aliphatic rings. The molecule has 4 N–H and O–H groups in total. The summed E-state index contributed by atoms with van der Waals surface area (Å²) in [4.78, 5) is 8.65. The number of hydrogen-bond acceptors (Lipinski definition) is 7. The Morgan fingerprint density at radius 2 is 1.54 bits per heavy atom. The number of nitrogens with zero attached hydrogens (tertiary/aromatic N) is 4. The number of H-pyrrole nitrogens is 1. The van der Waals surface area contributed by atoms with Crippen LogP contribution in [0.25, 0.3) is 0 Å². The lowest BCUT2D eigenvalue weighted by atomic mass is 9.90. The van der Waals surface area contributed by atoms with Gasteiger partial charge >= 0.3 is 0 Å². The summed E-state index contributed by atoms with van der Waals surface area (Å²) < 4.78 is 34.0. The highest BCUT2D eigenvalue weighted by atomic mass is 19.1. The molecule has 0 bridgehead atoms. The quantitative estimate of drug-likeness (QED) is 0.314. The van der Waals surface area contributed by atoms with E-state index in [0.29, 0.717) is 5.75 Å². The van der Waals surface area contributed by atoms with E-state index in [9.17, 15) is 13.9 Å². The highest BCUT2D eigenvalue weighted by molar-refractivity contribution is 5.55. The highest BCUT2D eigenvalue weighted by Crippen LogP contribution is 2.30. The number of piperazine rings is 1. The molecule has 1 atom stereocenters. The van der Waals surface area contributed by atoms with Crippen molar-refractivity contribution in [3.05, 3.63) is 96.1 Å². The van der Waals surface area contributed by atoms with Crippen LogP contribution < -0.4 is 20.3 Å². The van der Waals surface area contributed by atoms with Crippen molar-refractivity contribution in [3.63, 3.8) is 0 Å². The van der Waals surface area contributed by atoms with Crippen molar-refractivity contribution in [2.45, 2.75) is 12.0 Å². The van der Waals surface area contributed by atoms with Gasteiger partial charge in [-0.25, -0.2) is 13.8 Å². The van der Waals surface area contributed by atoms with Crippen LogP contribution in [-0.2, 0) is 12.0 Å². The van der Waals surface area contributed by atoms with Crippen LogP contribution in [0, 0.1) is 11.6 Å². The molecule has 37 heavy (non-hydrogen) atoms. The molecule has 0 amide bonds. The predicted molar refractivity (Wildman–Crippen MR) is 138 cm³/mol. The van der Waals surface area contributed by atoms with Gasteiger partial charge in [-0.3, -0.25) is 5.10 Å². The van der Waals surface area contributed by atoms with Gasteiger partial charge in [0.05, 0.1) is 0 Å². The molecule has 1 aromatic heterocycles. The number of nitrogens with one attached hydrogen (secondary N) is 1. The Bertz CT molecular complexity index is 1310. The molecule has 1 fully saturated rings. The first kappa shape index (κ1) is 24.5. The van der Waals surface area contributed by atoms with Crippen molar-refractivity contribution < 1.29 is 18.6 Å². The van der Waals surface area contributed by atoms with Crippen molar-refractivity contribution in [1.29, 1.82) is 0 Å². The van der Waals surface area contributed by atoms with Crippen LogP contribution in [0.5, 0.6) is 5.75 Å². The van der Waals surface area contributed by atoms with Crippen molar-refractivity contribution in [3.8, 4) is 5.75 Å². The third kappa shape index (κ3) is 5.64. The number of ether oxygens (including phenoxy) is 1. The molecule has 1 aliphatic heterocycles. The number of anilines is 3. The maximum absolute atomic E-state index is 14.6. The van der Waals surface area contributed by atoms with Gasteiger partial charge in [0.2, 0.25) is 0 Å². The van der Waals surface area contributed by atoms with Crippen LogP contribution >= 0.6 is 0 Å². The lowest BCUT2D eigenvalue weighted by molar-refractivity contribution is -0.0138. The van der Waals surface area contributed by atoms with E-state index in [2.05, 4.69) is 25.0 Å². The summed E-state index contributed by atoms with van der Waals surface area (Å²) in [7, 11) is 0. The zero-order valence-electron chi connectivity index (χ0n) is 20.1. The van der Waals surface area contributed by atoms with E-state index < -0.39 is 17.2 Å². The largest absolute Gasteiger partial charge is 0.490 e. The SMILES string of the molecule is Nc1ccc(N2CCN(c3ccc(OCC(O)(Cc4nc[nH]n4)c4ccc(F)cc4F)cc3)CC2)cc1. The summed E-state index contributed by atoms with van der Waals surface area (Å²) >= 11 is 0. The van der Waals surface area contributed by atoms with Gasteiger partial charge in [-0.2, -0.15) is 5.10 Å². The lowest BCUT2D eigenvalue weighted by Crippen LogP contribution is -2.46. The summed E-state index contributed by atoms with van der Waals surface area (Å²) in [5.41, 5.74) is 6.87. The average molecular weight is 507 g/mol. The fraction of sp³-hybridized carbons (Fsp3) is 0.259. The van der Waals surface area contributed by atoms with E-state index in [1.54, 1.807) is 0 Å². The maximum atomic E-state index is 14.6. The zero-order valence-corrected chi connectivity index (χ0v) is 20.1. The Morgan fingerprint density at radius 1 is 0.919 bits per heavy atom. The summed E-state index contributed by atoms with van der Waals surface area (Å²) in [6.45, 7) is 3.23. The zero-order chi connectivity index (χ0) is 25.8. The first-order valence-electron chi connectivity index (χ1n) is 12.0. The number of halogens is 2. The van der Waals surface area contributed by atoms with Crippen LogP contribution in [0.15, 0.2) is 73.1 Å². The summed E-state index contributed by atoms with van der Waals surface area (Å²) in [6, 6.07) is 18.5. The number of nitrogens with two attached hydrogens (primary N) is 1. The average Bonchev–Trinajstić information content (AvgIpc) is 3.41. The molecule has 2 heterocycles. The van der Waals surface area contributed by atoms with E-state index in [0.717, 1.165) is 55.4 Å². The lowest BCUT2D eigenvalue weighted by Gasteiger charge is -2.37. The molecular weight excluding hydrogens is 478 g/mol. The van der Waals surface area contributed by atoms with Gasteiger partial charge in [-0.1, -0.05) is 6.07 Å². The van der Waals surface area contributed by atoms with E-state index in [4.69, 9.17) is 10.5 Å². The van der Waals surface area contributed by atoms with E-state index >= 15 is 0 Å². The predicted octanol–water partition coefficient (Wildman–Crippen LogP) is 3.50. The smallest absolute Gasteiger partial charge is 0.153 e. The number of hydrogen-bond donors (Lipinski definition) is 3. The van der Waals surface area contributed by atoms with E-state index in [1.165, 1.54) is 12.4 Å². The molecule has 0 spiro atoms. The minimum Gasteiger partial charge on any atom is -0.490 e. The third-order valence-electron chi connectivity index (χ3n) is 6.57. The maximum Gasteiger partial charge on any atom is 0.153 e. The Kier molecular flexibility index (Phi) is 6.91. The molecule has 0 aliphatic carbocycles. The molecule has 3 aromatic carbocycles. The first-order valence-corrected chi connectivity index (χ1v) is 12.0. The van der Waals surface area contributed by atoms with Crippen LogP contribution in [-0.4, -0.2) is 53.1 Å².